The maximum atomic E-state index is 5.13. The average molecular weight is 198 g/mol. The molecule has 12 heavy (non-hydrogen) atoms. The van der Waals surface area contributed by atoms with Gasteiger partial charge in [-0.3, -0.25) is 0 Å². The topological polar surface area (TPSA) is 26.3 Å². The van der Waals surface area contributed by atoms with Crippen molar-refractivity contribution in [2.45, 2.75) is 10.2 Å². The fourth-order valence-electron chi connectivity index (χ4n) is 0.704. The molecule has 2 nitrogen and oxygen atoms in total. The van der Waals surface area contributed by atoms with Crippen LogP contribution >= 0.6 is 21.6 Å². The van der Waals surface area contributed by atoms with Crippen LogP contribution in [0.4, 0.5) is 0 Å². The first kappa shape index (κ1) is 7.89. The summed E-state index contributed by atoms with van der Waals surface area (Å²) in [5.74, 6) is 0. The Kier molecular flexibility index (Phi) is 2.48. The number of furan rings is 2. The summed E-state index contributed by atoms with van der Waals surface area (Å²) in [6.45, 7) is 0. The van der Waals surface area contributed by atoms with Crippen LogP contribution in [0.5, 0.6) is 0 Å². The Morgan fingerprint density at radius 3 is 1.67 bits per heavy atom. The predicted molar refractivity (Wildman–Crippen MR) is 49.1 cm³/mol. The van der Waals surface area contributed by atoms with Crippen LogP contribution in [-0.4, -0.2) is 0 Å². The predicted octanol–water partition coefficient (Wildman–Crippen LogP) is 3.67. The quantitative estimate of drug-likeness (QED) is 0.703. The van der Waals surface area contributed by atoms with Gasteiger partial charge in [0, 0.05) is 0 Å². The SMILES string of the molecule is c1coc(SSc2ccco2)c1. The highest BCUT2D eigenvalue weighted by Gasteiger charge is 2.00. The molecule has 0 aliphatic rings. The van der Waals surface area contributed by atoms with Crippen molar-refractivity contribution in [3.63, 3.8) is 0 Å². The summed E-state index contributed by atoms with van der Waals surface area (Å²) in [7, 11) is 3.08. The molecular weight excluding hydrogens is 192 g/mol. The summed E-state index contributed by atoms with van der Waals surface area (Å²) >= 11 is 0. The first-order valence-electron chi connectivity index (χ1n) is 3.37. The third-order valence-corrected chi connectivity index (χ3v) is 3.31. The Balaban J connectivity index is 1.91. The van der Waals surface area contributed by atoms with Gasteiger partial charge in [-0.25, -0.2) is 0 Å². The minimum absolute atomic E-state index is 0.886. The molecule has 62 valence electrons. The lowest BCUT2D eigenvalue weighted by Gasteiger charge is -1.91. The summed E-state index contributed by atoms with van der Waals surface area (Å²) in [5, 5.41) is 1.77. The molecular formula is C8H6O2S2. The maximum Gasteiger partial charge on any atom is 0.170 e. The van der Waals surface area contributed by atoms with Crippen LogP contribution in [0.15, 0.2) is 55.8 Å². The summed E-state index contributed by atoms with van der Waals surface area (Å²) in [5.41, 5.74) is 0. The van der Waals surface area contributed by atoms with E-state index in [1.807, 2.05) is 24.3 Å². The third kappa shape index (κ3) is 1.89. The van der Waals surface area contributed by atoms with E-state index in [-0.39, 0.29) is 0 Å². The third-order valence-electron chi connectivity index (χ3n) is 1.20. The molecule has 0 aliphatic carbocycles. The van der Waals surface area contributed by atoms with Crippen molar-refractivity contribution >= 4 is 21.6 Å². The first-order chi connectivity index (χ1) is 5.95. The Morgan fingerprint density at radius 1 is 0.833 bits per heavy atom. The second kappa shape index (κ2) is 3.78. The van der Waals surface area contributed by atoms with Gasteiger partial charge in [0.05, 0.1) is 12.5 Å². The first-order valence-corrected chi connectivity index (χ1v) is 5.52. The second-order valence-corrected chi connectivity index (χ2v) is 4.17. The van der Waals surface area contributed by atoms with Crippen LogP contribution in [0.25, 0.3) is 0 Å². The van der Waals surface area contributed by atoms with Crippen molar-refractivity contribution < 1.29 is 8.83 Å². The van der Waals surface area contributed by atoms with Gasteiger partial charge in [-0.2, -0.15) is 0 Å². The van der Waals surface area contributed by atoms with Crippen molar-refractivity contribution in [3.05, 3.63) is 36.8 Å². The van der Waals surface area contributed by atoms with E-state index in [0.29, 0.717) is 0 Å². The zero-order chi connectivity index (χ0) is 8.23. The zero-order valence-electron chi connectivity index (χ0n) is 6.10. The lowest BCUT2D eigenvalue weighted by Crippen LogP contribution is -1.56. The minimum atomic E-state index is 0.886. The van der Waals surface area contributed by atoms with Gasteiger partial charge < -0.3 is 8.83 Å². The Labute approximate surface area is 77.7 Å². The van der Waals surface area contributed by atoms with Gasteiger partial charge in [0.2, 0.25) is 0 Å². The Morgan fingerprint density at radius 2 is 1.33 bits per heavy atom. The van der Waals surface area contributed by atoms with Gasteiger partial charge in [-0.05, 0) is 45.9 Å². The summed E-state index contributed by atoms with van der Waals surface area (Å²) in [4.78, 5) is 0. The zero-order valence-corrected chi connectivity index (χ0v) is 7.73. The van der Waals surface area contributed by atoms with Gasteiger partial charge in [0.25, 0.3) is 0 Å². The summed E-state index contributed by atoms with van der Waals surface area (Å²) in [6.07, 6.45) is 3.32. The second-order valence-electron chi connectivity index (χ2n) is 2.03. The fourth-order valence-corrected chi connectivity index (χ4v) is 2.39. The van der Waals surface area contributed by atoms with Crippen LogP contribution in [0, 0.1) is 0 Å². The van der Waals surface area contributed by atoms with E-state index < -0.39 is 0 Å². The van der Waals surface area contributed by atoms with E-state index in [4.69, 9.17) is 8.83 Å². The maximum absolute atomic E-state index is 5.13. The van der Waals surface area contributed by atoms with E-state index in [9.17, 15) is 0 Å². The molecule has 4 heteroatoms. The Bertz CT molecular complexity index is 278. The van der Waals surface area contributed by atoms with Gasteiger partial charge in [-0.1, -0.05) is 0 Å². The van der Waals surface area contributed by atoms with Gasteiger partial charge >= 0.3 is 0 Å². The number of rotatable bonds is 3. The molecule has 0 atom stereocenters. The largest absolute Gasteiger partial charge is 0.457 e. The average Bonchev–Trinajstić information content (AvgIpc) is 2.74. The lowest BCUT2D eigenvalue weighted by atomic mass is 10.7. The molecule has 0 spiro atoms. The molecule has 0 aliphatic heterocycles. The van der Waals surface area contributed by atoms with E-state index in [1.54, 1.807) is 34.1 Å². The number of hydrogen-bond donors (Lipinski definition) is 0. The molecule has 0 radical (unpaired) electrons. The van der Waals surface area contributed by atoms with Crippen molar-refractivity contribution in [2.75, 3.05) is 0 Å². The molecule has 0 aromatic carbocycles. The highest BCUT2D eigenvalue weighted by Crippen LogP contribution is 2.37. The molecule has 0 bridgehead atoms. The molecule has 0 saturated carbocycles. The molecule has 0 saturated heterocycles. The summed E-state index contributed by atoms with van der Waals surface area (Å²) < 4.78 is 10.3. The van der Waals surface area contributed by atoms with E-state index in [1.165, 1.54) is 0 Å². The number of hydrogen-bond acceptors (Lipinski definition) is 4. The van der Waals surface area contributed by atoms with Crippen LogP contribution in [0.3, 0.4) is 0 Å². The normalized spacial score (nSPS) is 10.3. The lowest BCUT2D eigenvalue weighted by molar-refractivity contribution is 0.473. The smallest absolute Gasteiger partial charge is 0.170 e. The van der Waals surface area contributed by atoms with Crippen molar-refractivity contribution in [1.29, 1.82) is 0 Å². The molecule has 0 N–H and O–H groups in total. The van der Waals surface area contributed by atoms with Crippen LogP contribution < -0.4 is 0 Å². The van der Waals surface area contributed by atoms with E-state index >= 15 is 0 Å². The highest BCUT2D eigenvalue weighted by atomic mass is 33.1. The Hall–Kier alpha value is -0.740. The van der Waals surface area contributed by atoms with Crippen LogP contribution in [0.2, 0.25) is 0 Å². The highest BCUT2D eigenvalue weighted by molar-refractivity contribution is 8.76. The van der Waals surface area contributed by atoms with Gasteiger partial charge in [-0.15, -0.1) is 0 Å². The molecule has 2 aromatic heterocycles. The molecule has 2 heterocycles. The van der Waals surface area contributed by atoms with Gasteiger partial charge in [0.1, 0.15) is 0 Å². The minimum Gasteiger partial charge on any atom is -0.457 e. The molecule has 2 rings (SSSR count). The van der Waals surface area contributed by atoms with Crippen molar-refractivity contribution in [1.82, 2.24) is 0 Å². The summed E-state index contributed by atoms with van der Waals surface area (Å²) in [6, 6.07) is 7.57. The van der Waals surface area contributed by atoms with Crippen molar-refractivity contribution in [2.24, 2.45) is 0 Å². The van der Waals surface area contributed by atoms with E-state index in [2.05, 4.69) is 0 Å². The van der Waals surface area contributed by atoms with E-state index in [0.717, 1.165) is 10.2 Å². The monoisotopic (exact) mass is 198 g/mol. The molecule has 0 fully saturated rings. The molecule has 0 amide bonds. The standard InChI is InChI=1S/C8H6O2S2/c1-3-7(9-5-1)11-12-8-4-2-6-10-8/h1-6H. The molecule has 2 aromatic rings. The van der Waals surface area contributed by atoms with Gasteiger partial charge in [0.15, 0.2) is 10.2 Å². The van der Waals surface area contributed by atoms with Crippen LogP contribution in [0.1, 0.15) is 0 Å². The van der Waals surface area contributed by atoms with Crippen LogP contribution in [-0.2, 0) is 0 Å². The fraction of sp³-hybridized carbons (Fsp3) is 0. The van der Waals surface area contributed by atoms with Crippen molar-refractivity contribution in [3.8, 4) is 0 Å². The molecule has 0 unspecified atom stereocenters.